The predicted octanol–water partition coefficient (Wildman–Crippen LogP) is 3.05. The number of hydrogen-bond donors (Lipinski definition) is 1. The van der Waals surface area contributed by atoms with Gasteiger partial charge in [0, 0.05) is 23.3 Å². The number of non-ortho nitro benzene ring substituents is 1. The summed E-state index contributed by atoms with van der Waals surface area (Å²) in [4.78, 5) is 22.4. The maximum absolute atomic E-state index is 11.8. The number of hydrogen-bond acceptors (Lipinski definition) is 4. The molecule has 1 aromatic carbocycles. The van der Waals surface area contributed by atoms with Gasteiger partial charge in [0.1, 0.15) is 5.75 Å². The first-order valence-corrected chi connectivity index (χ1v) is 7.10. The van der Waals surface area contributed by atoms with Gasteiger partial charge in [0.05, 0.1) is 12.0 Å². The number of nitro groups is 1. The minimum atomic E-state index is -0.476. The average Bonchev–Trinajstić information content (AvgIpc) is 2.45. The molecule has 0 aromatic heterocycles. The number of primary amides is 1. The summed E-state index contributed by atoms with van der Waals surface area (Å²) < 4.78 is 5.30. The molecule has 6 nitrogen and oxygen atoms in total. The number of amides is 1. The molecule has 6 heteroatoms. The minimum absolute atomic E-state index is 0.0121. The zero-order chi connectivity index (χ0) is 16.5. The Morgan fingerprint density at radius 2 is 2.09 bits per heavy atom. The lowest BCUT2D eigenvalue weighted by molar-refractivity contribution is -0.384. The normalized spacial score (nSPS) is 17.2. The third-order valence-corrected chi connectivity index (χ3v) is 4.09. The van der Waals surface area contributed by atoms with Crippen molar-refractivity contribution < 1.29 is 14.5 Å². The molecule has 2 rings (SSSR count). The number of nitrogens with zero attached hydrogens (tertiary/aromatic N) is 1. The van der Waals surface area contributed by atoms with Crippen molar-refractivity contribution in [3.63, 3.8) is 0 Å². The average molecular weight is 304 g/mol. The number of nitrogens with two attached hydrogens (primary N) is 1. The molecule has 0 unspecified atom stereocenters. The highest BCUT2D eigenvalue weighted by molar-refractivity contribution is 6.01. The highest BCUT2D eigenvalue weighted by Gasteiger charge is 2.31. The van der Waals surface area contributed by atoms with Gasteiger partial charge in [-0.05, 0) is 36.3 Å². The summed E-state index contributed by atoms with van der Waals surface area (Å²) in [5.74, 6) is 0.0374. The third kappa shape index (κ3) is 3.10. The van der Waals surface area contributed by atoms with Gasteiger partial charge in [0.2, 0.25) is 5.91 Å². The van der Waals surface area contributed by atoms with Crippen molar-refractivity contribution in [3.05, 3.63) is 39.4 Å². The van der Waals surface area contributed by atoms with Crippen LogP contribution in [0.2, 0.25) is 0 Å². The lowest BCUT2D eigenvalue weighted by atomic mass is 9.72. The fourth-order valence-electron chi connectivity index (χ4n) is 2.87. The lowest BCUT2D eigenvalue weighted by Gasteiger charge is -2.32. The second-order valence-electron chi connectivity index (χ2n) is 6.30. The molecular formula is C16H20N2O4. The van der Waals surface area contributed by atoms with E-state index in [-0.39, 0.29) is 11.1 Å². The molecule has 1 amide bonds. The van der Waals surface area contributed by atoms with Gasteiger partial charge >= 0.3 is 0 Å². The maximum Gasteiger partial charge on any atom is 0.270 e. The van der Waals surface area contributed by atoms with Gasteiger partial charge in [-0.2, -0.15) is 0 Å². The summed E-state index contributed by atoms with van der Waals surface area (Å²) in [5.41, 5.74) is 7.37. The van der Waals surface area contributed by atoms with Crippen LogP contribution in [0.4, 0.5) is 5.69 Å². The first-order valence-electron chi connectivity index (χ1n) is 7.10. The van der Waals surface area contributed by atoms with Gasteiger partial charge in [0.15, 0.2) is 0 Å². The molecule has 118 valence electrons. The quantitative estimate of drug-likeness (QED) is 0.683. The van der Waals surface area contributed by atoms with Gasteiger partial charge in [-0.15, -0.1) is 0 Å². The predicted molar refractivity (Wildman–Crippen MR) is 83.4 cm³/mol. The van der Waals surface area contributed by atoms with E-state index in [0.717, 1.165) is 12.0 Å². The van der Waals surface area contributed by atoms with Crippen molar-refractivity contribution in [2.24, 2.45) is 11.1 Å². The topological polar surface area (TPSA) is 95.5 Å². The van der Waals surface area contributed by atoms with Crippen molar-refractivity contribution in [1.82, 2.24) is 0 Å². The van der Waals surface area contributed by atoms with Crippen molar-refractivity contribution in [2.75, 3.05) is 7.11 Å². The lowest BCUT2D eigenvalue weighted by Crippen LogP contribution is -2.26. The van der Waals surface area contributed by atoms with Crippen LogP contribution < -0.4 is 10.5 Å². The van der Waals surface area contributed by atoms with Crippen LogP contribution in [0.1, 0.15) is 38.7 Å². The van der Waals surface area contributed by atoms with Crippen molar-refractivity contribution >= 4 is 17.2 Å². The molecule has 0 fully saturated rings. The summed E-state index contributed by atoms with van der Waals surface area (Å²) in [6.45, 7) is 4.16. The Balaban J connectivity index is 2.63. The van der Waals surface area contributed by atoms with E-state index in [1.165, 1.54) is 19.2 Å². The fourth-order valence-corrected chi connectivity index (χ4v) is 2.87. The summed E-state index contributed by atoms with van der Waals surface area (Å²) in [6, 6.07) is 4.40. The van der Waals surface area contributed by atoms with E-state index in [4.69, 9.17) is 10.5 Å². The molecule has 0 saturated carbocycles. The van der Waals surface area contributed by atoms with Gasteiger partial charge < -0.3 is 10.5 Å². The van der Waals surface area contributed by atoms with Crippen LogP contribution >= 0.6 is 0 Å². The maximum atomic E-state index is 11.8. The van der Waals surface area contributed by atoms with Gasteiger partial charge in [0.25, 0.3) is 5.69 Å². The molecule has 1 aliphatic rings. The van der Waals surface area contributed by atoms with Gasteiger partial charge in [-0.1, -0.05) is 13.8 Å². The highest BCUT2D eigenvalue weighted by atomic mass is 16.6. The van der Waals surface area contributed by atoms with Crippen LogP contribution in [-0.2, 0) is 4.79 Å². The van der Waals surface area contributed by atoms with Crippen LogP contribution in [0.5, 0.6) is 5.75 Å². The number of nitro benzene ring substituents is 1. The number of allylic oxidation sites excluding steroid dienone is 1. The molecule has 0 spiro atoms. The summed E-state index contributed by atoms with van der Waals surface area (Å²) in [6.07, 6.45) is 2.08. The van der Waals surface area contributed by atoms with E-state index in [0.29, 0.717) is 29.7 Å². The van der Waals surface area contributed by atoms with Crippen molar-refractivity contribution in [2.45, 2.75) is 33.1 Å². The van der Waals surface area contributed by atoms with E-state index in [9.17, 15) is 14.9 Å². The third-order valence-electron chi connectivity index (χ3n) is 4.09. The number of carbonyl (C=O) groups excluding carboxylic acids is 1. The minimum Gasteiger partial charge on any atom is -0.496 e. The van der Waals surface area contributed by atoms with Gasteiger partial charge in [-0.3, -0.25) is 14.9 Å². The molecule has 0 heterocycles. The number of benzene rings is 1. The second kappa shape index (κ2) is 5.79. The van der Waals surface area contributed by atoms with E-state index in [1.54, 1.807) is 6.07 Å². The smallest absolute Gasteiger partial charge is 0.270 e. The number of carbonyl (C=O) groups is 1. The van der Waals surface area contributed by atoms with E-state index in [2.05, 4.69) is 13.8 Å². The highest BCUT2D eigenvalue weighted by Crippen LogP contribution is 2.44. The zero-order valence-electron chi connectivity index (χ0n) is 13.0. The van der Waals surface area contributed by atoms with Gasteiger partial charge in [-0.25, -0.2) is 0 Å². The van der Waals surface area contributed by atoms with Crippen LogP contribution in [0.15, 0.2) is 23.8 Å². The van der Waals surface area contributed by atoms with E-state index < -0.39 is 10.8 Å². The number of ether oxygens (including phenoxy) is 1. The zero-order valence-corrected chi connectivity index (χ0v) is 13.0. The second-order valence-corrected chi connectivity index (χ2v) is 6.30. The Hall–Kier alpha value is -2.37. The molecule has 0 aliphatic heterocycles. The monoisotopic (exact) mass is 304 g/mol. The van der Waals surface area contributed by atoms with Crippen LogP contribution in [0.25, 0.3) is 5.57 Å². The standard InChI is InChI=1S/C16H20N2O4/c1-16(2)7-6-11(13(9-16)15(17)19)12-8-10(18(20)21)4-5-14(12)22-3/h4-5,8H,6-7,9H2,1-3H3,(H2,17,19). The largest absolute Gasteiger partial charge is 0.496 e. The molecular weight excluding hydrogens is 284 g/mol. The molecule has 22 heavy (non-hydrogen) atoms. The molecule has 0 radical (unpaired) electrons. The van der Waals surface area contributed by atoms with Crippen molar-refractivity contribution in [3.8, 4) is 5.75 Å². The number of methoxy groups -OCH3 is 1. The molecule has 1 aliphatic carbocycles. The molecule has 2 N–H and O–H groups in total. The summed E-state index contributed by atoms with van der Waals surface area (Å²) in [5, 5.41) is 11.0. The fraction of sp³-hybridized carbons (Fsp3) is 0.438. The molecule has 1 aromatic rings. The Labute approximate surface area is 129 Å². The Kier molecular flexibility index (Phi) is 4.21. The summed E-state index contributed by atoms with van der Waals surface area (Å²) in [7, 11) is 1.50. The van der Waals surface area contributed by atoms with E-state index in [1.807, 2.05) is 0 Å². The Morgan fingerprint density at radius 1 is 1.41 bits per heavy atom. The SMILES string of the molecule is COc1ccc([N+](=O)[O-])cc1C1=C(C(N)=O)CC(C)(C)CC1. The first-order chi connectivity index (χ1) is 10.2. The van der Waals surface area contributed by atoms with Crippen molar-refractivity contribution in [1.29, 1.82) is 0 Å². The Morgan fingerprint density at radius 3 is 2.64 bits per heavy atom. The van der Waals surface area contributed by atoms with E-state index >= 15 is 0 Å². The molecule has 0 bridgehead atoms. The first kappa shape index (κ1) is 16.0. The molecule has 0 saturated heterocycles. The molecule has 0 atom stereocenters. The van der Waals surface area contributed by atoms with Crippen LogP contribution in [-0.4, -0.2) is 17.9 Å². The summed E-state index contributed by atoms with van der Waals surface area (Å²) >= 11 is 0. The Bertz CT molecular complexity index is 662. The number of rotatable bonds is 4. The van der Waals surface area contributed by atoms with Crippen LogP contribution in [0, 0.1) is 15.5 Å². The van der Waals surface area contributed by atoms with Crippen LogP contribution in [0.3, 0.4) is 0 Å².